The number of anilines is 2. The van der Waals surface area contributed by atoms with Gasteiger partial charge in [-0.3, -0.25) is 9.59 Å². The third kappa shape index (κ3) is 2.52. The molecular formula is C14H15BrN2O2. The molecule has 0 spiro atoms. The van der Waals surface area contributed by atoms with Gasteiger partial charge >= 0.3 is 0 Å². The molecule has 4 nitrogen and oxygen atoms in total. The van der Waals surface area contributed by atoms with E-state index in [0.29, 0.717) is 18.0 Å². The lowest BCUT2D eigenvalue weighted by Gasteiger charge is -2.32. The molecule has 1 aromatic carbocycles. The third-order valence-electron chi connectivity index (χ3n) is 3.81. The van der Waals surface area contributed by atoms with Crippen LogP contribution in [0.15, 0.2) is 22.7 Å². The van der Waals surface area contributed by atoms with Crippen LogP contribution in [0.1, 0.15) is 25.7 Å². The first-order valence-corrected chi connectivity index (χ1v) is 7.32. The van der Waals surface area contributed by atoms with Crippen molar-refractivity contribution < 1.29 is 9.59 Å². The summed E-state index contributed by atoms with van der Waals surface area (Å²) in [7, 11) is 0. The molecule has 0 radical (unpaired) electrons. The van der Waals surface area contributed by atoms with E-state index in [0.717, 1.165) is 23.0 Å². The summed E-state index contributed by atoms with van der Waals surface area (Å²) in [5, 5.41) is 2.80. The molecule has 5 heteroatoms. The van der Waals surface area contributed by atoms with E-state index < -0.39 is 0 Å². The lowest BCUT2D eigenvalue weighted by molar-refractivity contribution is -0.123. The molecule has 1 aliphatic carbocycles. The Balaban J connectivity index is 1.85. The van der Waals surface area contributed by atoms with Gasteiger partial charge in [-0.05, 0) is 37.0 Å². The minimum atomic E-state index is -0.132. The fraction of sp³-hybridized carbons (Fsp3) is 0.429. The van der Waals surface area contributed by atoms with Gasteiger partial charge in [0.1, 0.15) is 6.54 Å². The Hall–Kier alpha value is -1.36. The van der Waals surface area contributed by atoms with E-state index in [1.54, 1.807) is 4.90 Å². The molecule has 1 N–H and O–H groups in total. The smallest absolute Gasteiger partial charge is 0.244 e. The molecule has 2 aliphatic rings. The lowest BCUT2D eigenvalue weighted by atomic mass is 9.82. The number of hydrogen-bond acceptors (Lipinski definition) is 2. The molecule has 1 heterocycles. The normalized spacial score (nSPS) is 18.6. The maximum Gasteiger partial charge on any atom is 0.244 e. The molecule has 3 rings (SSSR count). The van der Waals surface area contributed by atoms with E-state index in [9.17, 15) is 9.59 Å². The van der Waals surface area contributed by atoms with E-state index in [4.69, 9.17) is 0 Å². The number of carbonyl (C=O) groups is 2. The number of fused-ring (bicyclic) bond motifs is 1. The van der Waals surface area contributed by atoms with Crippen molar-refractivity contribution in [3.63, 3.8) is 0 Å². The van der Waals surface area contributed by atoms with Crippen molar-refractivity contribution in [3.8, 4) is 0 Å². The number of carbonyl (C=O) groups excluding carboxylic acids is 2. The first kappa shape index (κ1) is 12.7. The highest BCUT2D eigenvalue weighted by Gasteiger charge is 2.29. The van der Waals surface area contributed by atoms with Crippen LogP contribution in [0, 0.1) is 5.92 Å². The summed E-state index contributed by atoms with van der Waals surface area (Å²) < 4.78 is 0.889. The topological polar surface area (TPSA) is 49.4 Å². The number of rotatable bonds is 2. The van der Waals surface area contributed by atoms with Crippen LogP contribution in [0.4, 0.5) is 11.4 Å². The second-order valence-electron chi connectivity index (χ2n) is 5.19. The molecule has 1 fully saturated rings. The van der Waals surface area contributed by atoms with Gasteiger partial charge in [-0.15, -0.1) is 0 Å². The van der Waals surface area contributed by atoms with Gasteiger partial charge in [-0.25, -0.2) is 0 Å². The fourth-order valence-electron chi connectivity index (χ4n) is 2.54. The molecule has 1 aliphatic heterocycles. The standard InChI is InChI=1S/C14H15BrN2O2/c15-10-4-5-12-11(7-10)16-13(18)8-17(12)14(19)6-9-2-1-3-9/h4-5,7,9H,1-3,6,8H2,(H,16,18). The summed E-state index contributed by atoms with van der Waals surface area (Å²) in [4.78, 5) is 25.6. The molecule has 1 saturated carbocycles. The zero-order valence-corrected chi connectivity index (χ0v) is 12.1. The molecule has 0 bridgehead atoms. The van der Waals surface area contributed by atoms with Crippen LogP contribution in [-0.2, 0) is 9.59 Å². The zero-order valence-electron chi connectivity index (χ0n) is 10.5. The molecule has 19 heavy (non-hydrogen) atoms. The molecule has 2 amide bonds. The minimum Gasteiger partial charge on any atom is -0.323 e. The summed E-state index contributed by atoms with van der Waals surface area (Å²) in [6.07, 6.45) is 4.06. The summed E-state index contributed by atoms with van der Waals surface area (Å²) >= 11 is 3.37. The Morgan fingerprint density at radius 3 is 2.89 bits per heavy atom. The fourth-order valence-corrected chi connectivity index (χ4v) is 2.90. The van der Waals surface area contributed by atoms with E-state index >= 15 is 0 Å². The summed E-state index contributed by atoms with van der Waals surface area (Å²) in [6, 6.07) is 5.59. The summed E-state index contributed by atoms with van der Waals surface area (Å²) in [5.41, 5.74) is 1.50. The Bertz CT molecular complexity index is 540. The lowest BCUT2D eigenvalue weighted by Crippen LogP contribution is -2.43. The molecule has 100 valence electrons. The molecule has 1 aromatic rings. The molecular weight excluding hydrogens is 308 g/mol. The van der Waals surface area contributed by atoms with Crippen molar-refractivity contribution in [2.45, 2.75) is 25.7 Å². The van der Waals surface area contributed by atoms with Crippen LogP contribution >= 0.6 is 15.9 Å². The Kier molecular flexibility index (Phi) is 3.31. The molecule has 0 unspecified atom stereocenters. The number of halogens is 1. The van der Waals surface area contributed by atoms with Gasteiger partial charge in [0, 0.05) is 10.9 Å². The van der Waals surface area contributed by atoms with Crippen LogP contribution in [-0.4, -0.2) is 18.4 Å². The average molecular weight is 323 g/mol. The largest absolute Gasteiger partial charge is 0.323 e. The Morgan fingerprint density at radius 1 is 1.42 bits per heavy atom. The second-order valence-corrected chi connectivity index (χ2v) is 6.11. The van der Waals surface area contributed by atoms with E-state index in [2.05, 4.69) is 21.2 Å². The van der Waals surface area contributed by atoms with Crippen LogP contribution in [0.2, 0.25) is 0 Å². The van der Waals surface area contributed by atoms with E-state index in [1.807, 2.05) is 18.2 Å². The highest BCUT2D eigenvalue weighted by molar-refractivity contribution is 9.10. The van der Waals surface area contributed by atoms with Crippen molar-refractivity contribution in [1.82, 2.24) is 0 Å². The maximum absolute atomic E-state index is 12.3. The van der Waals surface area contributed by atoms with Crippen molar-refractivity contribution in [3.05, 3.63) is 22.7 Å². The number of amides is 2. The molecule has 0 atom stereocenters. The maximum atomic E-state index is 12.3. The van der Waals surface area contributed by atoms with Crippen molar-refractivity contribution in [2.75, 3.05) is 16.8 Å². The highest BCUT2D eigenvalue weighted by Crippen LogP contribution is 2.35. The van der Waals surface area contributed by atoms with Crippen molar-refractivity contribution in [1.29, 1.82) is 0 Å². The number of benzene rings is 1. The first-order valence-electron chi connectivity index (χ1n) is 6.53. The predicted molar refractivity (Wildman–Crippen MR) is 77.1 cm³/mol. The van der Waals surface area contributed by atoms with E-state index in [-0.39, 0.29) is 18.4 Å². The Morgan fingerprint density at radius 2 is 2.21 bits per heavy atom. The van der Waals surface area contributed by atoms with Gasteiger partial charge < -0.3 is 10.2 Å². The highest BCUT2D eigenvalue weighted by atomic mass is 79.9. The minimum absolute atomic E-state index is 0.0584. The molecule has 0 saturated heterocycles. The van der Waals surface area contributed by atoms with E-state index in [1.165, 1.54) is 6.42 Å². The van der Waals surface area contributed by atoms with Gasteiger partial charge in [0.2, 0.25) is 11.8 Å². The van der Waals surface area contributed by atoms with Gasteiger partial charge in [0.15, 0.2) is 0 Å². The summed E-state index contributed by atoms with van der Waals surface area (Å²) in [6.45, 7) is 0.125. The zero-order chi connectivity index (χ0) is 13.4. The van der Waals surface area contributed by atoms with Gasteiger partial charge in [0.05, 0.1) is 11.4 Å². The number of hydrogen-bond donors (Lipinski definition) is 1. The SMILES string of the molecule is O=C1CN(C(=O)CC2CCC2)c2ccc(Br)cc2N1. The van der Waals surface area contributed by atoms with Crippen molar-refractivity contribution in [2.24, 2.45) is 5.92 Å². The quantitative estimate of drug-likeness (QED) is 0.910. The summed E-state index contributed by atoms with van der Waals surface area (Å²) in [5.74, 6) is 0.437. The van der Waals surface area contributed by atoms with Gasteiger partial charge in [-0.2, -0.15) is 0 Å². The van der Waals surface area contributed by atoms with Gasteiger partial charge in [-0.1, -0.05) is 22.4 Å². The Labute approximate surface area is 120 Å². The molecule has 0 aromatic heterocycles. The monoisotopic (exact) mass is 322 g/mol. The van der Waals surface area contributed by atoms with Crippen LogP contribution in [0.3, 0.4) is 0 Å². The second kappa shape index (κ2) is 4.96. The van der Waals surface area contributed by atoms with Crippen LogP contribution < -0.4 is 10.2 Å². The van der Waals surface area contributed by atoms with Crippen LogP contribution in [0.5, 0.6) is 0 Å². The predicted octanol–water partition coefficient (Wildman–Crippen LogP) is 2.92. The van der Waals surface area contributed by atoms with Crippen molar-refractivity contribution >= 4 is 39.1 Å². The average Bonchev–Trinajstić information content (AvgIpc) is 2.32. The third-order valence-corrected chi connectivity index (χ3v) is 4.31. The van der Waals surface area contributed by atoms with Crippen LogP contribution in [0.25, 0.3) is 0 Å². The van der Waals surface area contributed by atoms with Gasteiger partial charge in [0.25, 0.3) is 0 Å². The first-order chi connectivity index (χ1) is 9.13. The number of nitrogens with one attached hydrogen (secondary N) is 1. The number of nitrogens with zero attached hydrogens (tertiary/aromatic N) is 1.